The van der Waals surface area contributed by atoms with Crippen LogP contribution in [0.1, 0.15) is 18.4 Å². The number of piperazine rings is 1. The summed E-state index contributed by atoms with van der Waals surface area (Å²) < 4.78 is 29.1. The van der Waals surface area contributed by atoms with E-state index >= 15 is 0 Å². The number of carbonyl (C=O) groups is 1. The molecule has 0 N–H and O–H groups in total. The van der Waals surface area contributed by atoms with E-state index in [0.717, 1.165) is 32.2 Å². The molecule has 2 saturated heterocycles. The number of nitrogens with zero attached hydrogens (tertiary/aromatic N) is 4. The van der Waals surface area contributed by atoms with E-state index in [9.17, 15) is 13.2 Å². The standard InChI is InChI=1S/C22H24Cl2N4O3S3/c1-14-4-5-16(23)20-19(14)25-22(33-20)27-11-9-26(10-12-27)21(29)15-3-2-8-28(13-15)34(30,31)18-7-6-17(24)32-18/h4-7,15H,2-3,8-13H2,1H3. The SMILES string of the molecule is Cc1ccc(Cl)c2sc(N3CCN(C(=O)C4CCCN(S(=O)(=O)c5ccc(Cl)s5)C4)CC3)nc12. The molecule has 3 aromatic rings. The number of thiazole rings is 1. The highest BCUT2D eigenvalue weighted by Crippen LogP contribution is 2.36. The number of fused-ring (bicyclic) bond motifs is 1. The number of aryl methyl sites for hydroxylation is 1. The van der Waals surface area contributed by atoms with Gasteiger partial charge in [0.05, 0.1) is 25.5 Å². The lowest BCUT2D eigenvalue weighted by Crippen LogP contribution is -2.53. The number of piperidine rings is 1. The van der Waals surface area contributed by atoms with Gasteiger partial charge in [-0.2, -0.15) is 4.31 Å². The van der Waals surface area contributed by atoms with E-state index in [1.165, 1.54) is 10.4 Å². The highest BCUT2D eigenvalue weighted by molar-refractivity contribution is 7.91. The summed E-state index contributed by atoms with van der Waals surface area (Å²) >= 11 is 14.9. The zero-order valence-electron chi connectivity index (χ0n) is 18.5. The van der Waals surface area contributed by atoms with E-state index < -0.39 is 10.0 Å². The summed E-state index contributed by atoms with van der Waals surface area (Å²) in [6.45, 7) is 5.22. The van der Waals surface area contributed by atoms with Gasteiger partial charge in [0.25, 0.3) is 10.0 Å². The summed E-state index contributed by atoms with van der Waals surface area (Å²) in [5, 5.41) is 1.63. The van der Waals surface area contributed by atoms with Gasteiger partial charge in [-0.15, -0.1) is 11.3 Å². The molecule has 2 aromatic heterocycles. The van der Waals surface area contributed by atoms with Crippen molar-refractivity contribution in [3.63, 3.8) is 0 Å². The number of anilines is 1. The Morgan fingerprint density at radius 1 is 1.06 bits per heavy atom. The van der Waals surface area contributed by atoms with E-state index in [0.29, 0.717) is 54.9 Å². The second-order valence-electron chi connectivity index (χ2n) is 8.61. The van der Waals surface area contributed by atoms with Crippen molar-refractivity contribution >= 4 is 77.2 Å². The second kappa shape index (κ2) is 9.55. The van der Waals surface area contributed by atoms with Crippen LogP contribution in [-0.4, -0.2) is 67.8 Å². The van der Waals surface area contributed by atoms with Gasteiger partial charge in [-0.25, -0.2) is 13.4 Å². The van der Waals surface area contributed by atoms with E-state index in [-0.39, 0.29) is 22.6 Å². The quantitative estimate of drug-likeness (QED) is 0.463. The highest BCUT2D eigenvalue weighted by Gasteiger charge is 2.36. The molecule has 4 heterocycles. The van der Waals surface area contributed by atoms with E-state index in [2.05, 4.69) is 4.90 Å². The van der Waals surface area contributed by atoms with Gasteiger partial charge in [-0.3, -0.25) is 4.79 Å². The van der Waals surface area contributed by atoms with Gasteiger partial charge in [0.2, 0.25) is 5.91 Å². The Morgan fingerprint density at radius 3 is 2.50 bits per heavy atom. The number of thiophene rings is 1. The van der Waals surface area contributed by atoms with Gasteiger partial charge in [-0.05, 0) is 43.5 Å². The summed E-state index contributed by atoms with van der Waals surface area (Å²) in [4.78, 5) is 22.1. The van der Waals surface area contributed by atoms with Gasteiger partial charge in [0.15, 0.2) is 5.13 Å². The molecule has 1 unspecified atom stereocenters. The maximum absolute atomic E-state index is 13.3. The van der Waals surface area contributed by atoms with Crippen LogP contribution in [0, 0.1) is 12.8 Å². The van der Waals surface area contributed by atoms with E-state index in [1.54, 1.807) is 17.4 Å². The zero-order valence-corrected chi connectivity index (χ0v) is 22.5. The van der Waals surface area contributed by atoms with E-state index in [1.807, 2.05) is 24.0 Å². The fraction of sp³-hybridized carbons (Fsp3) is 0.455. The minimum absolute atomic E-state index is 0.0342. The van der Waals surface area contributed by atoms with Crippen molar-refractivity contribution in [3.05, 3.63) is 39.2 Å². The molecule has 1 amide bonds. The molecule has 2 aliphatic heterocycles. The van der Waals surface area contributed by atoms with Crippen LogP contribution in [0.25, 0.3) is 10.2 Å². The summed E-state index contributed by atoms with van der Waals surface area (Å²) in [5.74, 6) is -0.290. The Labute approximate surface area is 216 Å². The van der Waals surface area contributed by atoms with Crippen molar-refractivity contribution in [3.8, 4) is 0 Å². The molecular weight excluding hydrogens is 535 g/mol. The molecule has 0 bridgehead atoms. The number of aromatic nitrogens is 1. The summed E-state index contributed by atoms with van der Waals surface area (Å²) in [7, 11) is -3.63. The minimum atomic E-state index is -3.63. The molecule has 1 aromatic carbocycles. The Hall–Kier alpha value is -1.43. The molecule has 0 spiro atoms. The number of rotatable bonds is 4. The second-order valence-corrected chi connectivity index (χ2v) is 13.9. The smallest absolute Gasteiger partial charge is 0.252 e. The molecule has 34 heavy (non-hydrogen) atoms. The minimum Gasteiger partial charge on any atom is -0.345 e. The molecule has 5 rings (SSSR count). The van der Waals surface area contributed by atoms with Crippen molar-refractivity contribution in [1.29, 1.82) is 0 Å². The molecule has 7 nitrogen and oxygen atoms in total. The zero-order chi connectivity index (χ0) is 24.0. The average Bonchev–Trinajstić information content (AvgIpc) is 3.49. The van der Waals surface area contributed by atoms with Crippen LogP contribution in [0.3, 0.4) is 0 Å². The summed E-state index contributed by atoms with van der Waals surface area (Å²) in [6, 6.07) is 7.00. The number of halogens is 2. The lowest BCUT2D eigenvalue weighted by atomic mass is 9.98. The number of carbonyl (C=O) groups excluding carboxylic acids is 1. The number of sulfonamides is 1. The van der Waals surface area contributed by atoms with Gasteiger partial charge in [0.1, 0.15) is 4.21 Å². The Morgan fingerprint density at radius 2 is 1.82 bits per heavy atom. The van der Waals surface area contributed by atoms with Crippen molar-refractivity contribution in [2.24, 2.45) is 5.92 Å². The maximum atomic E-state index is 13.3. The van der Waals surface area contributed by atoms with Crippen LogP contribution >= 0.6 is 45.9 Å². The third-order valence-electron chi connectivity index (χ3n) is 6.42. The molecule has 2 aliphatic rings. The molecule has 0 radical (unpaired) electrons. The fourth-order valence-corrected chi connectivity index (χ4v) is 9.06. The van der Waals surface area contributed by atoms with Gasteiger partial charge in [0, 0.05) is 39.3 Å². The van der Waals surface area contributed by atoms with E-state index in [4.69, 9.17) is 28.2 Å². The number of amides is 1. The van der Waals surface area contributed by atoms with Crippen LogP contribution in [0.2, 0.25) is 9.36 Å². The summed E-state index contributed by atoms with van der Waals surface area (Å²) in [5.41, 5.74) is 2.03. The normalized spacial score (nSPS) is 20.3. The Balaban J connectivity index is 1.23. The first-order valence-electron chi connectivity index (χ1n) is 11.1. The average molecular weight is 560 g/mol. The number of hydrogen-bond donors (Lipinski definition) is 0. The molecule has 0 aliphatic carbocycles. The first-order chi connectivity index (χ1) is 16.2. The predicted molar refractivity (Wildman–Crippen MR) is 139 cm³/mol. The molecule has 2 fully saturated rings. The number of benzene rings is 1. The maximum Gasteiger partial charge on any atom is 0.252 e. The Kier molecular flexibility index (Phi) is 6.82. The van der Waals surface area contributed by atoms with Crippen LogP contribution in [0.4, 0.5) is 5.13 Å². The number of hydrogen-bond acceptors (Lipinski definition) is 7. The van der Waals surface area contributed by atoms with Gasteiger partial charge in [-0.1, -0.05) is 40.6 Å². The van der Waals surface area contributed by atoms with Crippen LogP contribution in [0.15, 0.2) is 28.5 Å². The fourth-order valence-electron chi connectivity index (χ4n) is 4.53. The van der Waals surface area contributed by atoms with Gasteiger partial charge >= 0.3 is 0 Å². The van der Waals surface area contributed by atoms with Crippen LogP contribution in [-0.2, 0) is 14.8 Å². The molecule has 12 heteroatoms. The lowest BCUT2D eigenvalue weighted by molar-refractivity contribution is -0.137. The highest BCUT2D eigenvalue weighted by atomic mass is 35.5. The third-order valence-corrected chi connectivity index (χ3v) is 11.6. The van der Waals surface area contributed by atoms with Crippen molar-refractivity contribution in [2.45, 2.75) is 24.0 Å². The predicted octanol–water partition coefficient (Wildman–Crippen LogP) is 4.72. The largest absolute Gasteiger partial charge is 0.345 e. The van der Waals surface area contributed by atoms with Gasteiger partial charge < -0.3 is 9.80 Å². The molecule has 0 saturated carbocycles. The van der Waals surface area contributed by atoms with Crippen LogP contribution in [0.5, 0.6) is 0 Å². The monoisotopic (exact) mass is 558 g/mol. The summed E-state index contributed by atoms with van der Waals surface area (Å²) in [6.07, 6.45) is 1.37. The van der Waals surface area contributed by atoms with Crippen molar-refractivity contribution < 1.29 is 13.2 Å². The lowest BCUT2D eigenvalue weighted by Gasteiger charge is -2.38. The topological polar surface area (TPSA) is 73.8 Å². The van der Waals surface area contributed by atoms with Crippen molar-refractivity contribution in [2.75, 3.05) is 44.2 Å². The molecule has 182 valence electrons. The first-order valence-corrected chi connectivity index (χ1v) is 14.9. The van der Waals surface area contributed by atoms with Crippen LogP contribution < -0.4 is 4.90 Å². The Bertz CT molecular complexity index is 1290. The first kappa shape index (κ1) is 24.3. The molecule has 1 atom stereocenters. The van der Waals surface area contributed by atoms with Crippen molar-refractivity contribution in [1.82, 2.24) is 14.2 Å². The third kappa shape index (κ3) is 4.56. The molecular formula is C22H24Cl2N4O3S3.